The van der Waals surface area contributed by atoms with E-state index in [1.54, 1.807) is 6.33 Å². The molecule has 0 saturated carbocycles. The van der Waals surface area contributed by atoms with E-state index in [9.17, 15) is 0 Å². The molecule has 0 radical (unpaired) electrons. The quantitative estimate of drug-likeness (QED) is 0.742. The average Bonchev–Trinajstić information content (AvgIpc) is 3.31. The van der Waals surface area contributed by atoms with Gasteiger partial charge in [-0.1, -0.05) is 18.2 Å². The van der Waals surface area contributed by atoms with E-state index < -0.39 is 0 Å². The molecule has 1 saturated heterocycles. The van der Waals surface area contributed by atoms with Crippen LogP contribution >= 0.6 is 0 Å². The van der Waals surface area contributed by atoms with Crippen molar-refractivity contribution in [2.45, 2.75) is 19.9 Å². The van der Waals surface area contributed by atoms with Crippen molar-refractivity contribution in [3.8, 4) is 5.69 Å². The lowest BCUT2D eigenvalue weighted by molar-refractivity contribution is 0.308. The molecule has 2 aromatic heterocycles. The number of para-hydroxylation sites is 1. The maximum Gasteiger partial charge on any atom is 0.146 e. The molecule has 134 valence electrons. The zero-order chi connectivity index (χ0) is 17.8. The number of aromatic nitrogens is 4. The van der Waals surface area contributed by atoms with Crippen LogP contribution in [0.2, 0.25) is 0 Å². The molecule has 1 N–H and O–H groups in total. The summed E-state index contributed by atoms with van der Waals surface area (Å²) in [5.41, 5.74) is 2.29. The first-order chi connectivity index (χ1) is 12.8. The Morgan fingerprint density at radius 2 is 2.04 bits per heavy atom. The fraction of sp³-hybridized carbons (Fsp3) is 0.350. The second kappa shape index (κ2) is 7.66. The van der Waals surface area contributed by atoms with E-state index in [1.807, 2.05) is 35.1 Å². The van der Waals surface area contributed by atoms with Crippen LogP contribution in [0.1, 0.15) is 17.8 Å². The number of nitrogens with one attached hydrogen (secondary N) is 1. The number of anilines is 1. The average molecular weight is 348 g/mol. The molecule has 26 heavy (non-hydrogen) atoms. The van der Waals surface area contributed by atoms with Crippen molar-refractivity contribution in [2.24, 2.45) is 5.92 Å². The van der Waals surface area contributed by atoms with Gasteiger partial charge in [0, 0.05) is 19.3 Å². The molecule has 4 rings (SSSR count). The van der Waals surface area contributed by atoms with Gasteiger partial charge in [-0.15, -0.1) is 0 Å². The molecule has 6 heteroatoms. The van der Waals surface area contributed by atoms with Gasteiger partial charge in [0.1, 0.15) is 18.0 Å². The molecule has 0 aliphatic carbocycles. The van der Waals surface area contributed by atoms with E-state index in [0.29, 0.717) is 5.92 Å². The zero-order valence-electron chi connectivity index (χ0n) is 15.0. The Morgan fingerprint density at radius 1 is 1.15 bits per heavy atom. The van der Waals surface area contributed by atoms with Crippen molar-refractivity contribution in [1.82, 2.24) is 24.6 Å². The molecule has 1 atom stereocenters. The van der Waals surface area contributed by atoms with Gasteiger partial charge in [-0.2, -0.15) is 5.10 Å². The van der Waals surface area contributed by atoms with E-state index in [-0.39, 0.29) is 0 Å². The lowest BCUT2D eigenvalue weighted by atomic mass is 10.1. The summed E-state index contributed by atoms with van der Waals surface area (Å²) in [4.78, 5) is 11.3. The van der Waals surface area contributed by atoms with Gasteiger partial charge >= 0.3 is 0 Å². The summed E-state index contributed by atoms with van der Waals surface area (Å²) in [7, 11) is 0. The van der Waals surface area contributed by atoms with Crippen molar-refractivity contribution < 1.29 is 0 Å². The highest BCUT2D eigenvalue weighted by Crippen LogP contribution is 2.20. The lowest BCUT2D eigenvalue weighted by Gasteiger charge is -2.16. The van der Waals surface area contributed by atoms with E-state index >= 15 is 0 Å². The smallest absolute Gasteiger partial charge is 0.146 e. The van der Waals surface area contributed by atoms with Gasteiger partial charge in [0.2, 0.25) is 0 Å². The second-order valence-corrected chi connectivity index (χ2v) is 6.91. The standard InChI is InChI=1S/C20H24N6/c1-16-7-9-21-19(11-16)22-12-17-8-10-25(13-17)14-20-23-15-24-26(20)18-5-3-2-4-6-18/h2-7,9,11,15,17H,8,10,12-14H2,1H3,(H,21,22). The SMILES string of the molecule is Cc1ccnc(NCC2CCN(Cc3ncnn3-c3ccccc3)C2)c1. The van der Waals surface area contributed by atoms with Crippen LogP contribution in [0.4, 0.5) is 5.82 Å². The van der Waals surface area contributed by atoms with Crippen molar-refractivity contribution in [1.29, 1.82) is 0 Å². The van der Waals surface area contributed by atoms with Crippen molar-refractivity contribution in [3.63, 3.8) is 0 Å². The Morgan fingerprint density at radius 3 is 2.88 bits per heavy atom. The number of nitrogens with zero attached hydrogens (tertiary/aromatic N) is 5. The van der Waals surface area contributed by atoms with Gasteiger partial charge in [-0.05, 0) is 55.6 Å². The van der Waals surface area contributed by atoms with Crippen LogP contribution in [0.5, 0.6) is 0 Å². The summed E-state index contributed by atoms with van der Waals surface area (Å²) in [5, 5.41) is 7.86. The fourth-order valence-corrected chi connectivity index (χ4v) is 3.46. The Hall–Kier alpha value is -2.73. The molecular weight excluding hydrogens is 324 g/mol. The predicted molar refractivity (Wildman–Crippen MR) is 102 cm³/mol. The minimum Gasteiger partial charge on any atom is -0.370 e. The van der Waals surface area contributed by atoms with Gasteiger partial charge in [0.15, 0.2) is 0 Å². The molecule has 1 aliphatic heterocycles. The fourth-order valence-electron chi connectivity index (χ4n) is 3.46. The topological polar surface area (TPSA) is 58.9 Å². The van der Waals surface area contributed by atoms with Crippen molar-refractivity contribution in [2.75, 3.05) is 25.0 Å². The van der Waals surface area contributed by atoms with E-state index in [0.717, 1.165) is 43.5 Å². The summed E-state index contributed by atoms with van der Waals surface area (Å²) in [6.45, 7) is 6.04. The van der Waals surface area contributed by atoms with Crippen molar-refractivity contribution in [3.05, 3.63) is 66.4 Å². The van der Waals surface area contributed by atoms with Crippen LogP contribution in [0.25, 0.3) is 5.69 Å². The summed E-state index contributed by atoms with van der Waals surface area (Å²) >= 11 is 0. The predicted octanol–water partition coefficient (Wildman–Crippen LogP) is 2.90. The Kier molecular flexibility index (Phi) is 4.93. The minimum absolute atomic E-state index is 0.630. The number of aryl methyl sites for hydroxylation is 1. The van der Waals surface area contributed by atoms with Crippen LogP contribution < -0.4 is 5.32 Å². The molecule has 3 aromatic rings. The molecule has 1 aliphatic rings. The van der Waals surface area contributed by atoms with Crippen LogP contribution in [0.15, 0.2) is 55.0 Å². The Bertz CT molecular complexity index is 844. The second-order valence-electron chi connectivity index (χ2n) is 6.91. The summed E-state index contributed by atoms with van der Waals surface area (Å²) < 4.78 is 1.93. The molecule has 6 nitrogen and oxygen atoms in total. The molecule has 0 amide bonds. The van der Waals surface area contributed by atoms with Gasteiger partial charge in [-0.25, -0.2) is 14.6 Å². The Labute approximate surface area is 153 Å². The number of hydrogen-bond donors (Lipinski definition) is 1. The summed E-state index contributed by atoms with van der Waals surface area (Å²) in [5.74, 6) is 2.59. The van der Waals surface area contributed by atoms with E-state index in [4.69, 9.17) is 0 Å². The normalized spacial score (nSPS) is 17.5. The van der Waals surface area contributed by atoms with E-state index in [1.165, 1.54) is 12.0 Å². The van der Waals surface area contributed by atoms with E-state index in [2.05, 4.69) is 50.4 Å². The summed E-state index contributed by atoms with van der Waals surface area (Å²) in [6.07, 6.45) is 4.69. The molecule has 1 unspecified atom stereocenters. The first-order valence-corrected chi connectivity index (χ1v) is 9.11. The zero-order valence-corrected chi connectivity index (χ0v) is 15.0. The van der Waals surface area contributed by atoms with Crippen LogP contribution in [-0.4, -0.2) is 44.3 Å². The number of hydrogen-bond acceptors (Lipinski definition) is 5. The van der Waals surface area contributed by atoms with Gasteiger partial charge < -0.3 is 5.32 Å². The summed E-state index contributed by atoms with van der Waals surface area (Å²) in [6, 6.07) is 14.3. The highest BCUT2D eigenvalue weighted by atomic mass is 15.4. The molecule has 1 fully saturated rings. The van der Waals surface area contributed by atoms with Crippen molar-refractivity contribution >= 4 is 5.82 Å². The van der Waals surface area contributed by atoms with Crippen LogP contribution in [-0.2, 0) is 6.54 Å². The minimum atomic E-state index is 0.630. The number of rotatable bonds is 6. The number of likely N-dealkylation sites (tertiary alicyclic amines) is 1. The highest BCUT2D eigenvalue weighted by molar-refractivity contribution is 5.37. The van der Waals surface area contributed by atoms with Gasteiger partial charge in [0.05, 0.1) is 12.2 Å². The monoisotopic (exact) mass is 348 g/mol. The van der Waals surface area contributed by atoms with Gasteiger partial charge in [0.25, 0.3) is 0 Å². The van der Waals surface area contributed by atoms with Crippen LogP contribution in [0, 0.1) is 12.8 Å². The largest absolute Gasteiger partial charge is 0.370 e. The van der Waals surface area contributed by atoms with Crippen LogP contribution in [0.3, 0.4) is 0 Å². The highest BCUT2D eigenvalue weighted by Gasteiger charge is 2.24. The third-order valence-electron chi connectivity index (χ3n) is 4.84. The molecular formula is C20H24N6. The first kappa shape index (κ1) is 16.7. The molecule has 1 aromatic carbocycles. The third kappa shape index (κ3) is 3.91. The maximum atomic E-state index is 4.47. The maximum absolute atomic E-state index is 4.47. The molecule has 0 spiro atoms. The number of pyridine rings is 1. The molecule has 3 heterocycles. The third-order valence-corrected chi connectivity index (χ3v) is 4.84. The molecule has 0 bridgehead atoms. The van der Waals surface area contributed by atoms with Gasteiger partial charge in [-0.3, -0.25) is 4.90 Å². The first-order valence-electron chi connectivity index (χ1n) is 9.11. The Balaban J connectivity index is 1.33. The lowest BCUT2D eigenvalue weighted by Crippen LogP contribution is -2.24. The number of benzene rings is 1.